The Morgan fingerprint density at radius 2 is 1.50 bits per heavy atom. The van der Waals surface area contributed by atoms with Crippen LogP contribution in [0.3, 0.4) is 0 Å². The van der Waals surface area contributed by atoms with E-state index < -0.39 is 0 Å². The van der Waals surface area contributed by atoms with Gasteiger partial charge in [0.25, 0.3) is 0 Å². The lowest BCUT2D eigenvalue weighted by atomic mass is 9.89. The quantitative estimate of drug-likeness (QED) is 0.352. The van der Waals surface area contributed by atoms with Gasteiger partial charge in [-0.1, -0.05) is 78.7 Å². The maximum atomic E-state index is 6.39. The fraction of sp³-hybridized carbons (Fsp3) is 0.704. The number of ether oxygens (including phenoxy) is 1. The van der Waals surface area contributed by atoms with Crippen molar-refractivity contribution in [3.05, 3.63) is 35.4 Å². The zero-order chi connectivity index (χ0) is 20.6. The largest absolute Gasteiger partial charge is 0.483 e. The summed E-state index contributed by atoms with van der Waals surface area (Å²) in [4.78, 5) is 0. The van der Waals surface area contributed by atoms with E-state index >= 15 is 0 Å². The van der Waals surface area contributed by atoms with Crippen molar-refractivity contribution in [1.82, 2.24) is 0 Å². The Kier molecular flexibility index (Phi) is 9.12. The van der Waals surface area contributed by atoms with Crippen LogP contribution in [-0.4, -0.2) is 5.60 Å². The van der Waals surface area contributed by atoms with E-state index in [1.54, 1.807) is 0 Å². The molecular weight excluding hydrogens is 340 g/mol. The fourth-order valence-electron chi connectivity index (χ4n) is 4.33. The number of hydrogen-bond acceptors (Lipinski definition) is 1. The van der Waals surface area contributed by atoms with Crippen molar-refractivity contribution in [2.24, 2.45) is 17.8 Å². The Hall–Kier alpha value is -1.24. The predicted molar refractivity (Wildman–Crippen MR) is 123 cm³/mol. The average molecular weight is 384 g/mol. The van der Waals surface area contributed by atoms with Crippen LogP contribution in [0.1, 0.15) is 104 Å². The molecule has 0 fully saturated rings. The molecule has 0 saturated carbocycles. The fourth-order valence-corrected chi connectivity index (χ4v) is 4.33. The molecule has 1 aliphatic heterocycles. The Labute approximate surface area is 175 Å². The van der Waals surface area contributed by atoms with Crippen LogP contribution in [-0.2, 0) is 0 Å². The summed E-state index contributed by atoms with van der Waals surface area (Å²) in [6.45, 7) is 13.9. The summed E-state index contributed by atoms with van der Waals surface area (Å²) in [6, 6.07) is 7.22. The highest BCUT2D eigenvalue weighted by Crippen LogP contribution is 2.36. The summed E-state index contributed by atoms with van der Waals surface area (Å²) >= 11 is 0. The first-order chi connectivity index (χ1) is 13.3. The molecule has 1 nitrogen and oxygen atoms in total. The first-order valence-corrected chi connectivity index (χ1v) is 11.7. The second-order valence-corrected chi connectivity index (χ2v) is 10.0. The van der Waals surface area contributed by atoms with E-state index in [4.69, 9.17) is 4.74 Å². The van der Waals surface area contributed by atoms with E-state index in [0.29, 0.717) is 0 Å². The lowest BCUT2D eigenvalue weighted by Gasteiger charge is -2.33. The Balaban J connectivity index is 1.63. The molecule has 0 bridgehead atoms. The van der Waals surface area contributed by atoms with Crippen molar-refractivity contribution in [3.63, 3.8) is 0 Å². The second-order valence-electron chi connectivity index (χ2n) is 10.0. The Morgan fingerprint density at radius 3 is 2.14 bits per heavy atom. The lowest BCUT2D eigenvalue weighted by Crippen LogP contribution is -2.32. The highest BCUT2D eigenvalue weighted by atomic mass is 16.5. The molecule has 0 aromatic heterocycles. The molecule has 0 saturated heterocycles. The highest BCUT2D eigenvalue weighted by Gasteiger charge is 2.27. The number of rotatable bonds is 12. The summed E-state index contributed by atoms with van der Waals surface area (Å²) < 4.78 is 6.39. The minimum absolute atomic E-state index is 0.163. The molecule has 0 amide bonds. The van der Waals surface area contributed by atoms with E-state index in [1.807, 2.05) is 12.1 Å². The number of aryl methyl sites for hydroxylation is 1. The van der Waals surface area contributed by atoms with Crippen molar-refractivity contribution in [3.8, 4) is 5.75 Å². The summed E-state index contributed by atoms with van der Waals surface area (Å²) in [6.07, 6.45) is 16.5. The van der Waals surface area contributed by atoms with Crippen LogP contribution in [0.15, 0.2) is 18.2 Å². The van der Waals surface area contributed by atoms with Gasteiger partial charge in [0.1, 0.15) is 11.4 Å². The number of fused-ring (bicyclic) bond motifs is 1. The smallest absolute Gasteiger partial charge is 0.130 e. The van der Waals surface area contributed by atoms with Crippen molar-refractivity contribution in [2.45, 2.75) is 105 Å². The van der Waals surface area contributed by atoms with Crippen molar-refractivity contribution in [1.29, 1.82) is 0 Å². The van der Waals surface area contributed by atoms with Crippen LogP contribution in [0.2, 0.25) is 0 Å². The van der Waals surface area contributed by atoms with Gasteiger partial charge in [-0.15, -0.1) is 0 Å². The molecule has 0 spiro atoms. The molecule has 0 unspecified atom stereocenters. The molecule has 157 valence electrons. The topological polar surface area (TPSA) is 9.23 Å². The third kappa shape index (κ3) is 7.64. The molecule has 1 heterocycles. The van der Waals surface area contributed by atoms with Gasteiger partial charge in [0.2, 0.25) is 0 Å². The minimum Gasteiger partial charge on any atom is -0.483 e. The van der Waals surface area contributed by atoms with Gasteiger partial charge in [-0.05, 0) is 74.3 Å². The molecule has 0 N–H and O–H groups in total. The average Bonchev–Trinajstić information content (AvgIpc) is 2.62. The maximum absolute atomic E-state index is 6.39. The van der Waals surface area contributed by atoms with Crippen LogP contribution in [0.25, 0.3) is 6.08 Å². The van der Waals surface area contributed by atoms with Crippen LogP contribution in [0, 0.1) is 30.7 Å². The first-order valence-electron chi connectivity index (χ1n) is 11.7. The number of hydrogen-bond donors (Lipinski definition) is 0. The molecule has 3 atom stereocenters. The zero-order valence-corrected chi connectivity index (χ0v) is 19.3. The van der Waals surface area contributed by atoms with Crippen LogP contribution < -0.4 is 4.74 Å². The van der Waals surface area contributed by atoms with Gasteiger partial charge in [-0.2, -0.15) is 0 Å². The summed E-state index contributed by atoms with van der Waals surface area (Å²) in [5.41, 5.74) is 2.18. The Bertz CT molecular complexity index is 615. The summed E-state index contributed by atoms with van der Waals surface area (Å²) in [7, 11) is 0. The summed E-state index contributed by atoms with van der Waals surface area (Å²) in [5.74, 6) is 3.62. The normalized spacial score (nSPS) is 20.7. The van der Waals surface area contributed by atoms with Gasteiger partial charge in [-0.3, -0.25) is 0 Å². The van der Waals surface area contributed by atoms with Gasteiger partial charge in [-0.25, -0.2) is 0 Å². The predicted octanol–water partition coefficient (Wildman–Crippen LogP) is 8.40. The molecule has 1 aliphatic rings. The van der Waals surface area contributed by atoms with E-state index in [9.17, 15) is 0 Å². The minimum atomic E-state index is -0.163. The van der Waals surface area contributed by atoms with Crippen molar-refractivity contribution in [2.75, 3.05) is 0 Å². The lowest BCUT2D eigenvalue weighted by molar-refractivity contribution is 0.121. The molecular formula is C27H43O. The zero-order valence-electron chi connectivity index (χ0n) is 19.3. The molecule has 0 aliphatic carbocycles. The molecule has 2 rings (SSSR count). The standard InChI is InChI=1S/C27H43O/c1-21(2)11-7-12-22(3)13-8-14-23(4)15-10-19-27(6)20-18-25-17-9-16-24(5)26(25)28-27/h16-18,20-23H,7-8,10-15,19H2,1-6H3/t22-,23-,27-/m1/s1. The molecule has 1 radical (unpaired) electrons. The van der Waals surface area contributed by atoms with E-state index in [2.05, 4.69) is 59.8 Å². The monoisotopic (exact) mass is 383 g/mol. The van der Waals surface area contributed by atoms with Gasteiger partial charge >= 0.3 is 0 Å². The van der Waals surface area contributed by atoms with Gasteiger partial charge < -0.3 is 4.74 Å². The van der Waals surface area contributed by atoms with Crippen LogP contribution >= 0.6 is 0 Å². The van der Waals surface area contributed by atoms with Gasteiger partial charge in [0.05, 0.1) is 0 Å². The van der Waals surface area contributed by atoms with Gasteiger partial charge in [0.15, 0.2) is 0 Å². The van der Waals surface area contributed by atoms with Crippen molar-refractivity contribution < 1.29 is 4.74 Å². The second kappa shape index (κ2) is 11.1. The van der Waals surface area contributed by atoms with E-state index in [0.717, 1.165) is 35.5 Å². The van der Waals surface area contributed by atoms with Crippen LogP contribution in [0.4, 0.5) is 0 Å². The Morgan fingerprint density at radius 1 is 0.893 bits per heavy atom. The van der Waals surface area contributed by atoms with Crippen molar-refractivity contribution >= 4 is 6.08 Å². The molecule has 1 aromatic carbocycles. The van der Waals surface area contributed by atoms with Gasteiger partial charge in [0, 0.05) is 5.56 Å². The number of benzene rings is 1. The summed E-state index contributed by atoms with van der Waals surface area (Å²) in [5, 5.41) is 0. The SMILES string of the molecule is Cc1c[c]cc2c1O[C@](C)(CCC[C@H](C)CCC[C@H](C)CCCC(C)C)C=C2. The third-order valence-corrected chi connectivity index (χ3v) is 6.35. The van der Waals surface area contributed by atoms with E-state index in [1.165, 1.54) is 56.9 Å². The first kappa shape index (κ1) is 23.0. The third-order valence-electron chi connectivity index (χ3n) is 6.35. The highest BCUT2D eigenvalue weighted by molar-refractivity contribution is 5.62. The van der Waals surface area contributed by atoms with E-state index in [-0.39, 0.29) is 5.60 Å². The maximum Gasteiger partial charge on any atom is 0.130 e. The molecule has 1 heteroatoms. The molecule has 28 heavy (non-hydrogen) atoms. The molecule has 1 aromatic rings. The van der Waals surface area contributed by atoms with Crippen LogP contribution in [0.5, 0.6) is 5.75 Å².